The van der Waals surface area contributed by atoms with Crippen molar-refractivity contribution in [3.05, 3.63) is 72.2 Å². The van der Waals surface area contributed by atoms with E-state index in [2.05, 4.69) is 25.7 Å². The minimum Gasteiger partial charge on any atom is -0.493 e. The number of carbonyl (C=O) groups is 1. The number of hydrogen-bond acceptors (Lipinski definition) is 10. The van der Waals surface area contributed by atoms with Gasteiger partial charge in [0.2, 0.25) is 0 Å². The average molecular weight is 634 g/mol. The van der Waals surface area contributed by atoms with Crippen molar-refractivity contribution in [1.29, 1.82) is 0 Å². The highest BCUT2D eigenvalue weighted by Gasteiger charge is 2.15. The topological polar surface area (TPSA) is 125 Å². The highest BCUT2D eigenvalue weighted by atomic mass is 19.1. The molecule has 1 fully saturated rings. The monoisotopic (exact) mass is 633 g/mol. The number of nitrogens with zero attached hydrogens (tertiary/aromatic N) is 3. The third-order valence-electron chi connectivity index (χ3n) is 7.16. The maximum Gasteiger partial charge on any atom is 0.339 e. The van der Waals surface area contributed by atoms with Crippen molar-refractivity contribution in [3.8, 4) is 34.5 Å². The summed E-state index contributed by atoms with van der Waals surface area (Å²) in [6, 6.07) is 13.9. The number of aromatic nitrogens is 1. The van der Waals surface area contributed by atoms with E-state index in [4.69, 9.17) is 28.4 Å². The number of morpholine rings is 1. The molecule has 0 radical (unpaired) electrons. The molecule has 242 valence electrons. The second kappa shape index (κ2) is 15.7. The van der Waals surface area contributed by atoms with Crippen molar-refractivity contribution in [2.75, 3.05) is 66.1 Å². The summed E-state index contributed by atoms with van der Waals surface area (Å²) in [6.07, 6.45) is 3.76. The molecule has 1 aliphatic heterocycles. The molecule has 3 aromatic carbocycles. The fourth-order valence-electron chi connectivity index (χ4n) is 4.82. The van der Waals surface area contributed by atoms with E-state index in [0.29, 0.717) is 57.5 Å². The smallest absolute Gasteiger partial charge is 0.339 e. The number of hydrogen-bond donors (Lipinski definition) is 2. The summed E-state index contributed by atoms with van der Waals surface area (Å²) in [4.78, 5) is 19.1. The predicted octanol–water partition coefficient (Wildman–Crippen LogP) is 5.45. The van der Waals surface area contributed by atoms with E-state index in [1.54, 1.807) is 55.8 Å². The van der Waals surface area contributed by atoms with Gasteiger partial charge in [0.1, 0.15) is 5.75 Å². The molecule has 4 aromatic rings. The number of anilines is 1. The molecule has 1 saturated heterocycles. The lowest BCUT2D eigenvalue weighted by molar-refractivity contribution is 0.0357. The zero-order chi connectivity index (χ0) is 32.3. The Balaban J connectivity index is 1.19. The number of ether oxygens (including phenoxy) is 6. The first-order chi connectivity index (χ1) is 22.5. The highest BCUT2D eigenvalue weighted by molar-refractivity contribution is 5.91. The lowest BCUT2D eigenvalue weighted by Crippen LogP contribution is -2.37. The van der Waals surface area contributed by atoms with E-state index in [-0.39, 0.29) is 5.75 Å². The molecule has 0 saturated carbocycles. The van der Waals surface area contributed by atoms with Crippen molar-refractivity contribution < 1.29 is 37.6 Å². The van der Waals surface area contributed by atoms with Crippen molar-refractivity contribution in [2.24, 2.45) is 5.10 Å². The van der Waals surface area contributed by atoms with Crippen LogP contribution in [0.4, 0.5) is 14.9 Å². The number of halogens is 1. The SMILES string of the molecule is COc1ccc(NC(=O)N/N=C/c2ccc(Oc3ccnc4cc(OCCCN5CCOCC5)c(OC)cc34)c(F)c2)cc1OC. The number of pyridine rings is 1. The summed E-state index contributed by atoms with van der Waals surface area (Å²) >= 11 is 0. The van der Waals surface area contributed by atoms with Gasteiger partial charge < -0.3 is 33.7 Å². The summed E-state index contributed by atoms with van der Waals surface area (Å²) in [5.74, 6) is 1.87. The van der Waals surface area contributed by atoms with Crippen LogP contribution in [0, 0.1) is 5.82 Å². The fourth-order valence-corrected chi connectivity index (χ4v) is 4.82. The van der Waals surface area contributed by atoms with Gasteiger partial charge in [0, 0.05) is 49.0 Å². The Kier molecular flexibility index (Phi) is 11.0. The van der Waals surface area contributed by atoms with Crippen LogP contribution in [0.2, 0.25) is 0 Å². The van der Waals surface area contributed by atoms with Gasteiger partial charge in [0.25, 0.3) is 0 Å². The van der Waals surface area contributed by atoms with Crippen molar-refractivity contribution in [1.82, 2.24) is 15.3 Å². The summed E-state index contributed by atoms with van der Waals surface area (Å²) in [6.45, 7) is 4.84. The first-order valence-corrected chi connectivity index (χ1v) is 14.7. The van der Waals surface area contributed by atoms with E-state index >= 15 is 4.39 Å². The third kappa shape index (κ3) is 8.31. The maximum absolute atomic E-state index is 15.1. The molecule has 0 spiro atoms. The van der Waals surface area contributed by atoms with Crippen LogP contribution in [0.1, 0.15) is 12.0 Å². The third-order valence-corrected chi connectivity index (χ3v) is 7.16. The van der Waals surface area contributed by atoms with Crippen LogP contribution < -0.4 is 34.4 Å². The van der Waals surface area contributed by atoms with Gasteiger partial charge in [0.05, 0.1) is 52.9 Å². The summed E-state index contributed by atoms with van der Waals surface area (Å²) in [7, 11) is 4.58. The van der Waals surface area contributed by atoms with E-state index in [0.717, 1.165) is 39.3 Å². The Hall–Kier alpha value is -5.14. The number of benzene rings is 3. The fraction of sp³-hybridized carbons (Fsp3) is 0.303. The second-order valence-corrected chi connectivity index (χ2v) is 10.2. The second-order valence-electron chi connectivity index (χ2n) is 10.2. The van der Waals surface area contributed by atoms with E-state index in [1.165, 1.54) is 32.6 Å². The molecule has 0 aliphatic carbocycles. The minimum absolute atomic E-state index is 0.00575. The van der Waals surface area contributed by atoms with Crippen LogP contribution in [-0.4, -0.2) is 82.9 Å². The molecule has 2 amide bonds. The number of rotatable bonds is 13. The van der Waals surface area contributed by atoms with E-state index < -0.39 is 11.8 Å². The largest absolute Gasteiger partial charge is 0.493 e. The molecule has 1 aliphatic rings. The molecular weight excluding hydrogens is 597 g/mol. The molecule has 0 unspecified atom stereocenters. The molecule has 2 heterocycles. The Labute approximate surface area is 266 Å². The van der Waals surface area contributed by atoms with Gasteiger partial charge in [-0.2, -0.15) is 5.10 Å². The molecule has 5 rings (SSSR count). The van der Waals surface area contributed by atoms with Gasteiger partial charge in [-0.25, -0.2) is 14.6 Å². The zero-order valence-electron chi connectivity index (χ0n) is 25.9. The molecule has 12 nitrogen and oxygen atoms in total. The van der Waals surface area contributed by atoms with Crippen LogP contribution >= 0.6 is 0 Å². The van der Waals surface area contributed by atoms with Crippen molar-refractivity contribution in [2.45, 2.75) is 6.42 Å². The Morgan fingerprint density at radius 2 is 1.70 bits per heavy atom. The van der Waals surface area contributed by atoms with Gasteiger partial charge >= 0.3 is 6.03 Å². The predicted molar refractivity (Wildman–Crippen MR) is 171 cm³/mol. The minimum atomic E-state index is -0.615. The quantitative estimate of drug-likeness (QED) is 0.112. The summed E-state index contributed by atoms with van der Waals surface area (Å²) in [5, 5.41) is 7.16. The molecule has 0 atom stereocenters. The van der Waals surface area contributed by atoms with Crippen LogP contribution in [0.25, 0.3) is 10.9 Å². The molecule has 0 bridgehead atoms. The first-order valence-electron chi connectivity index (χ1n) is 14.7. The standard InChI is InChI=1S/C33H36FN5O7/c1-41-29-8-6-23(18-30(29)42-2)37-33(40)38-36-21-22-5-7-28(25(34)17-22)46-27-9-10-35-26-20-32(31(43-3)19-24(26)27)45-14-4-11-39-12-15-44-16-13-39/h5-10,17-21H,4,11-16H2,1-3H3,(H2,37,38,40)/b36-21+. The van der Waals surface area contributed by atoms with Gasteiger partial charge in [0.15, 0.2) is 34.6 Å². The van der Waals surface area contributed by atoms with Crippen LogP contribution in [0.3, 0.4) is 0 Å². The first kappa shape index (κ1) is 32.3. The molecule has 2 N–H and O–H groups in total. The normalized spacial score (nSPS) is 13.4. The number of urea groups is 1. The molecule has 13 heteroatoms. The molecule has 1 aromatic heterocycles. The Morgan fingerprint density at radius 3 is 2.46 bits per heavy atom. The number of methoxy groups -OCH3 is 3. The molecular formula is C33H36FN5O7. The van der Waals surface area contributed by atoms with Crippen molar-refractivity contribution >= 4 is 28.8 Å². The average Bonchev–Trinajstić information content (AvgIpc) is 3.08. The van der Waals surface area contributed by atoms with Gasteiger partial charge in [-0.1, -0.05) is 0 Å². The number of hydrazone groups is 1. The van der Waals surface area contributed by atoms with Crippen LogP contribution in [0.15, 0.2) is 65.9 Å². The Bertz CT molecular complexity index is 1680. The lowest BCUT2D eigenvalue weighted by atomic mass is 10.1. The van der Waals surface area contributed by atoms with Crippen LogP contribution in [0.5, 0.6) is 34.5 Å². The van der Waals surface area contributed by atoms with Gasteiger partial charge in [-0.05, 0) is 54.4 Å². The van der Waals surface area contributed by atoms with Gasteiger partial charge in [-0.15, -0.1) is 0 Å². The summed E-state index contributed by atoms with van der Waals surface area (Å²) < 4.78 is 48.5. The number of nitrogens with one attached hydrogen (secondary N) is 2. The Morgan fingerprint density at radius 1 is 0.935 bits per heavy atom. The lowest BCUT2D eigenvalue weighted by Gasteiger charge is -2.26. The number of amides is 2. The van der Waals surface area contributed by atoms with E-state index in [9.17, 15) is 4.79 Å². The maximum atomic E-state index is 15.1. The van der Waals surface area contributed by atoms with Gasteiger partial charge in [-0.3, -0.25) is 9.88 Å². The highest BCUT2D eigenvalue weighted by Crippen LogP contribution is 2.37. The number of fused-ring (bicyclic) bond motifs is 1. The number of carbonyl (C=O) groups excluding carboxylic acids is 1. The summed E-state index contributed by atoms with van der Waals surface area (Å²) in [5.41, 5.74) is 3.84. The van der Waals surface area contributed by atoms with E-state index in [1.807, 2.05) is 0 Å². The van der Waals surface area contributed by atoms with Crippen LogP contribution in [-0.2, 0) is 4.74 Å². The molecule has 46 heavy (non-hydrogen) atoms. The van der Waals surface area contributed by atoms with Crippen molar-refractivity contribution in [3.63, 3.8) is 0 Å². The zero-order valence-corrected chi connectivity index (χ0v) is 25.9.